The third kappa shape index (κ3) is 2.24. The lowest BCUT2D eigenvalue weighted by Crippen LogP contribution is -1.96. The molecule has 0 fully saturated rings. The maximum Gasteiger partial charge on any atom is 0.213 e. The van der Waals surface area contributed by atoms with E-state index in [1.54, 1.807) is 18.7 Å². The second-order valence-corrected chi connectivity index (χ2v) is 5.61. The summed E-state index contributed by atoms with van der Waals surface area (Å²) < 4.78 is 12.2. The van der Waals surface area contributed by atoms with Crippen LogP contribution in [0.25, 0.3) is 16.2 Å². The van der Waals surface area contributed by atoms with Crippen molar-refractivity contribution in [3.63, 3.8) is 0 Å². The number of rotatable bonds is 4. The van der Waals surface area contributed by atoms with Gasteiger partial charge in [-0.25, -0.2) is 9.50 Å². The van der Waals surface area contributed by atoms with Crippen LogP contribution in [0.4, 0.5) is 0 Å². The summed E-state index contributed by atoms with van der Waals surface area (Å²) in [5.41, 5.74) is 2.23. The van der Waals surface area contributed by atoms with E-state index in [0.717, 1.165) is 15.5 Å². The van der Waals surface area contributed by atoms with Crippen LogP contribution in [0.5, 0.6) is 11.5 Å². The fourth-order valence-electron chi connectivity index (χ4n) is 2.24. The number of imidazole rings is 1. The zero-order chi connectivity index (χ0) is 15.0. The number of aliphatic hydroxyl groups is 1. The molecule has 6 nitrogen and oxygen atoms in total. The Bertz CT molecular complexity index is 794. The van der Waals surface area contributed by atoms with Gasteiger partial charge in [-0.05, 0) is 25.1 Å². The molecule has 110 valence electrons. The smallest absolute Gasteiger partial charge is 0.213 e. The second-order valence-electron chi connectivity index (χ2n) is 4.45. The average molecular weight is 305 g/mol. The Labute approximate surface area is 125 Å². The maximum atomic E-state index is 9.65. The van der Waals surface area contributed by atoms with Gasteiger partial charge in [0.1, 0.15) is 5.01 Å². The lowest BCUT2D eigenvalue weighted by Gasteiger charge is -2.09. The first-order valence-electron chi connectivity index (χ1n) is 6.36. The van der Waals surface area contributed by atoms with Gasteiger partial charge in [-0.3, -0.25) is 0 Å². The first kappa shape index (κ1) is 13.8. The van der Waals surface area contributed by atoms with Gasteiger partial charge >= 0.3 is 0 Å². The van der Waals surface area contributed by atoms with Gasteiger partial charge in [0, 0.05) is 5.56 Å². The molecule has 0 aliphatic heterocycles. The Balaban J connectivity index is 2.17. The topological polar surface area (TPSA) is 68.9 Å². The van der Waals surface area contributed by atoms with E-state index in [0.29, 0.717) is 22.9 Å². The van der Waals surface area contributed by atoms with Gasteiger partial charge in [-0.2, -0.15) is 5.10 Å². The monoisotopic (exact) mass is 305 g/mol. The van der Waals surface area contributed by atoms with Crippen molar-refractivity contribution in [1.82, 2.24) is 14.6 Å². The highest BCUT2D eigenvalue weighted by atomic mass is 32.1. The van der Waals surface area contributed by atoms with Crippen LogP contribution in [0.3, 0.4) is 0 Å². The highest BCUT2D eigenvalue weighted by Crippen LogP contribution is 2.34. The van der Waals surface area contributed by atoms with E-state index in [1.165, 1.54) is 11.3 Å². The van der Waals surface area contributed by atoms with Crippen LogP contribution in [-0.4, -0.2) is 33.9 Å². The normalized spacial score (nSPS) is 11.0. The molecule has 0 saturated carbocycles. The third-order valence-electron chi connectivity index (χ3n) is 3.20. The van der Waals surface area contributed by atoms with Crippen molar-refractivity contribution in [1.29, 1.82) is 0 Å². The molecule has 1 aromatic carbocycles. The molecule has 7 heteroatoms. The number of aliphatic hydroxyl groups excluding tert-OH is 1. The van der Waals surface area contributed by atoms with Gasteiger partial charge < -0.3 is 14.6 Å². The van der Waals surface area contributed by atoms with Crippen LogP contribution >= 0.6 is 11.3 Å². The molecule has 2 aromatic heterocycles. The van der Waals surface area contributed by atoms with Crippen molar-refractivity contribution in [2.75, 3.05) is 14.2 Å². The van der Waals surface area contributed by atoms with E-state index < -0.39 is 0 Å². The highest BCUT2D eigenvalue weighted by Gasteiger charge is 2.17. The Kier molecular flexibility index (Phi) is 3.52. The summed E-state index contributed by atoms with van der Waals surface area (Å²) in [6.07, 6.45) is 0. The molecule has 0 unspecified atom stereocenters. The molecular formula is C14H15N3O3S. The molecule has 0 spiro atoms. The Hall–Kier alpha value is -2.12. The number of aryl methyl sites for hydroxylation is 1. The van der Waals surface area contributed by atoms with E-state index in [9.17, 15) is 5.11 Å². The van der Waals surface area contributed by atoms with E-state index in [2.05, 4.69) is 10.1 Å². The quantitative estimate of drug-likeness (QED) is 0.801. The van der Waals surface area contributed by atoms with Crippen molar-refractivity contribution in [3.05, 3.63) is 28.9 Å². The van der Waals surface area contributed by atoms with Gasteiger partial charge in [0.15, 0.2) is 11.5 Å². The van der Waals surface area contributed by atoms with Crippen molar-refractivity contribution in [2.45, 2.75) is 13.5 Å². The SMILES string of the molecule is COc1ccc(-c2nc3sc(C)nn3c2CO)cc1OC. The minimum atomic E-state index is -0.131. The molecule has 3 aromatic rings. The van der Waals surface area contributed by atoms with Crippen LogP contribution < -0.4 is 9.47 Å². The first-order valence-corrected chi connectivity index (χ1v) is 7.18. The highest BCUT2D eigenvalue weighted by molar-refractivity contribution is 7.16. The van der Waals surface area contributed by atoms with E-state index >= 15 is 0 Å². The molecule has 0 aliphatic rings. The number of hydrogen-bond donors (Lipinski definition) is 1. The van der Waals surface area contributed by atoms with Crippen LogP contribution in [0, 0.1) is 6.92 Å². The number of ether oxygens (including phenoxy) is 2. The number of aromatic nitrogens is 3. The predicted octanol–water partition coefficient (Wildman–Crippen LogP) is 2.28. The molecular weight excluding hydrogens is 290 g/mol. The fourth-order valence-corrected chi connectivity index (χ4v) is 3.00. The second kappa shape index (κ2) is 5.34. The van der Waals surface area contributed by atoms with Crippen molar-refractivity contribution < 1.29 is 14.6 Å². The number of fused-ring (bicyclic) bond motifs is 1. The number of methoxy groups -OCH3 is 2. The molecule has 21 heavy (non-hydrogen) atoms. The van der Waals surface area contributed by atoms with Crippen molar-refractivity contribution in [2.24, 2.45) is 0 Å². The van der Waals surface area contributed by atoms with Gasteiger partial charge in [0.2, 0.25) is 4.96 Å². The lowest BCUT2D eigenvalue weighted by atomic mass is 10.1. The van der Waals surface area contributed by atoms with E-state index in [-0.39, 0.29) is 6.61 Å². The lowest BCUT2D eigenvalue weighted by molar-refractivity contribution is 0.275. The molecule has 2 heterocycles. The maximum absolute atomic E-state index is 9.65. The van der Waals surface area contributed by atoms with Crippen LogP contribution in [0.15, 0.2) is 18.2 Å². The van der Waals surface area contributed by atoms with Crippen molar-refractivity contribution >= 4 is 16.3 Å². The van der Waals surface area contributed by atoms with Crippen LogP contribution in [-0.2, 0) is 6.61 Å². The summed E-state index contributed by atoms with van der Waals surface area (Å²) in [4.78, 5) is 5.33. The first-order chi connectivity index (χ1) is 10.2. The molecule has 0 amide bonds. The summed E-state index contributed by atoms with van der Waals surface area (Å²) in [6, 6.07) is 5.55. The minimum Gasteiger partial charge on any atom is -0.493 e. The molecule has 0 atom stereocenters. The number of hydrogen-bond acceptors (Lipinski definition) is 6. The zero-order valence-electron chi connectivity index (χ0n) is 12.0. The van der Waals surface area contributed by atoms with Gasteiger partial charge in [-0.15, -0.1) is 0 Å². The minimum absolute atomic E-state index is 0.131. The largest absolute Gasteiger partial charge is 0.493 e. The Morgan fingerprint density at radius 3 is 2.67 bits per heavy atom. The van der Waals surface area contributed by atoms with Crippen LogP contribution in [0.1, 0.15) is 10.7 Å². The van der Waals surface area contributed by atoms with Gasteiger partial charge in [0.25, 0.3) is 0 Å². The summed E-state index contributed by atoms with van der Waals surface area (Å²) in [7, 11) is 3.18. The standard InChI is InChI=1S/C14H15N3O3S/c1-8-16-17-10(7-18)13(15-14(17)21-8)9-4-5-11(19-2)12(6-9)20-3/h4-6,18H,7H2,1-3H3. The molecule has 1 N–H and O–H groups in total. The zero-order valence-corrected chi connectivity index (χ0v) is 12.8. The van der Waals surface area contributed by atoms with Crippen molar-refractivity contribution in [3.8, 4) is 22.8 Å². The van der Waals surface area contributed by atoms with Crippen LogP contribution in [0.2, 0.25) is 0 Å². The van der Waals surface area contributed by atoms with Gasteiger partial charge in [-0.1, -0.05) is 11.3 Å². The molecule has 0 aliphatic carbocycles. The summed E-state index contributed by atoms with van der Waals surface area (Å²) in [5.74, 6) is 1.28. The number of benzene rings is 1. The number of nitrogens with zero attached hydrogens (tertiary/aromatic N) is 3. The predicted molar refractivity (Wildman–Crippen MR) is 80.1 cm³/mol. The Morgan fingerprint density at radius 1 is 1.24 bits per heavy atom. The Morgan fingerprint density at radius 2 is 2.00 bits per heavy atom. The summed E-state index contributed by atoms with van der Waals surface area (Å²) in [5, 5.41) is 14.9. The van der Waals surface area contributed by atoms with E-state index in [1.807, 2.05) is 25.1 Å². The summed E-state index contributed by atoms with van der Waals surface area (Å²) >= 11 is 1.49. The molecule has 0 radical (unpaired) electrons. The van der Waals surface area contributed by atoms with Gasteiger partial charge in [0.05, 0.1) is 32.2 Å². The van der Waals surface area contributed by atoms with E-state index in [4.69, 9.17) is 9.47 Å². The summed E-state index contributed by atoms with van der Waals surface area (Å²) in [6.45, 7) is 1.78. The fraction of sp³-hybridized carbons (Fsp3) is 0.286. The molecule has 3 rings (SSSR count). The molecule has 0 saturated heterocycles. The molecule has 0 bridgehead atoms. The third-order valence-corrected chi connectivity index (χ3v) is 4.03. The average Bonchev–Trinajstić information content (AvgIpc) is 3.01.